The number of carbonyl (C=O) groups excluding carboxylic acids is 3. The van der Waals surface area contributed by atoms with Gasteiger partial charge in [0.05, 0.1) is 6.42 Å². The van der Waals surface area contributed by atoms with Crippen LogP contribution in [-0.2, 0) is 28.6 Å². The van der Waals surface area contributed by atoms with Crippen LogP contribution in [0, 0.1) is 0 Å². The molecule has 6 heteroatoms. The Balaban J connectivity index is 4.40. The molecule has 0 aliphatic heterocycles. The molecule has 1 atom stereocenters. The zero-order chi connectivity index (χ0) is 45.8. The van der Waals surface area contributed by atoms with Gasteiger partial charge in [0.15, 0.2) is 6.10 Å². The van der Waals surface area contributed by atoms with Gasteiger partial charge >= 0.3 is 17.9 Å². The normalized spacial score (nSPS) is 12.7. The average Bonchev–Trinajstić information content (AvgIpc) is 3.28. The zero-order valence-electron chi connectivity index (χ0n) is 41.1. The highest BCUT2D eigenvalue weighted by Gasteiger charge is 2.19. The number of allylic oxidation sites excluding steroid dienone is 13. The van der Waals surface area contributed by atoms with Crippen molar-refractivity contribution < 1.29 is 28.6 Å². The van der Waals surface area contributed by atoms with Crippen LogP contribution in [0.5, 0.6) is 0 Å². The number of hydrogen-bond donors (Lipinski definition) is 0. The highest BCUT2D eigenvalue weighted by molar-refractivity contribution is 5.72. The van der Waals surface area contributed by atoms with Crippen molar-refractivity contribution in [3.63, 3.8) is 0 Å². The Morgan fingerprint density at radius 2 is 0.730 bits per heavy atom. The Bertz CT molecular complexity index is 1240. The highest BCUT2D eigenvalue weighted by atomic mass is 16.6. The third-order valence-corrected chi connectivity index (χ3v) is 11.0. The summed E-state index contributed by atoms with van der Waals surface area (Å²) in [6.07, 6.45) is 66.0. The molecule has 0 bridgehead atoms. The molecule has 0 aromatic rings. The van der Waals surface area contributed by atoms with Crippen molar-refractivity contribution in [1.29, 1.82) is 0 Å². The number of rotatable bonds is 46. The van der Waals surface area contributed by atoms with Crippen LogP contribution in [0.4, 0.5) is 0 Å². The molecule has 6 nitrogen and oxygen atoms in total. The molecular weight excluding hydrogens is 781 g/mol. The van der Waals surface area contributed by atoms with E-state index in [2.05, 4.69) is 93.7 Å². The first kappa shape index (κ1) is 59.6. The van der Waals surface area contributed by atoms with E-state index < -0.39 is 12.1 Å². The van der Waals surface area contributed by atoms with Gasteiger partial charge in [0.2, 0.25) is 0 Å². The van der Waals surface area contributed by atoms with Crippen LogP contribution in [0.1, 0.15) is 239 Å². The monoisotopic (exact) mass is 877 g/mol. The molecule has 0 N–H and O–H groups in total. The van der Waals surface area contributed by atoms with Crippen molar-refractivity contribution in [3.05, 3.63) is 85.1 Å². The molecule has 0 aliphatic rings. The summed E-state index contributed by atoms with van der Waals surface area (Å²) < 4.78 is 16.6. The van der Waals surface area contributed by atoms with Gasteiger partial charge < -0.3 is 14.2 Å². The lowest BCUT2D eigenvalue weighted by atomic mass is 10.0. The number of carbonyl (C=O) groups is 3. The van der Waals surface area contributed by atoms with Crippen LogP contribution in [0.2, 0.25) is 0 Å². The second kappa shape index (κ2) is 51.2. The van der Waals surface area contributed by atoms with Crippen molar-refractivity contribution in [1.82, 2.24) is 0 Å². The molecule has 0 saturated carbocycles. The number of ether oxygens (including phenoxy) is 3. The van der Waals surface area contributed by atoms with Crippen LogP contribution >= 0.6 is 0 Å². The maximum absolute atomic E-state index is 12.8. The molecule has 0 amide bonds. The first-order valence-electron chi connectivity index (χ1n) is 26.1. The van der Waals surface area contributed by atoms with E-state index in [4.69, 9.17) is 14.2 Å². The minimum atomic E-state index is -0.819. The molecule has 63 heavy (non-hydrogen) atoms. The molecule has 0 aromatic heterocycles. The number of hydrogen-bond acceptors (Lipinski definition) is 6. The third kappa shape index (κ3) is 49.5. The molecule has 0 rings (SSSR count). The molecule has 0 saturated heterocycles. The molecule has 360 valence electrons. The highest BCUT2D eigenvalue weighted by Crippen LogP contribution is 2.15. The molecule has 1 unspecified atom stereocenters. The zero-order valence-corrected chi connectivity index (χ0v) is 41.1. The molecule has 0 aliphatic carbocycles. The van der Waals surface area contributed by atoms with Gasteiger partial charge in [-0.2, -0.15) is 0 Å². The molecule has 0 heterocycles. The van der Waals surface area contributed by atoms with Crippen LogP contribution in [0.15, 0.2) is 85.1 Å². The lowest BCUT2D eigenvalue weighted by Crippen LogP contribution is -2.30. The number of unbranched alkanes of at least 4 members (excludes halogenated alkanes) is 25. The van der Waals surface area contributed by atoms with Gasteiger partial charge in [-0.15, -0.1) is 0 Å². The van der Waals surface area contributed by atoms with Crippen LogP contribution in [0.3, 0.4) is 0 Å². The molecular formula is C57H96O6. The molecule has 0 radical (unpaired) electrons. The van der Waals surface area contributed by atoms with E-state index in [9.17, 15) is 14.4 Å². The molecule has 0 spiro atoms. The fourth-order valence-electron chi connectivity index (χ4n) is 7.10. The summed E-state index contributed by atoms with van der Waals surface area (Å²) in [5.74, 6) is -1.06. The summed E-state index contributed by atoms with van der Waals surface area (Å²) in [5, 5.41) is 0. The summed E-state index contributed by atoms with van der Waals surface area (Å²) in [7, 11) is 0. The third-order valence-electron chi connectivity index (χ3n) is 11.0. The first-order valence-corrected chi connectivity index (χ1v) is 26.1. The predicted molar refractivity (Wildman–Crippen MR) is 270 cm³/mol. The smallest absolute Gasteiger partial charge is 0.309 e. The van der Waals surface area contributed by atoms with Crippen molar-refractivity contribution >= 4 is 17.9 Å². The summed E-state index contributed by atoms with van der Waals surface area (Å²) in [6, 6.07) is 0. The summed E-state index contributed by atoms with van der Waals surface area (Å²) in [5.41, 5.74) is 0. The van der Waals surface area contributed by atoms with Crippen molar-refractivity contribution in [2.24, 2.45) is 0 Å². The van der Waals surface area contributed by atoms with E-state index in [1.807, 2.05) is 6.08 Å². The van der Waals surface area contributed by atoms with Gasteiger partial charge in [-0.25, -0.2) is 0 Å². The van der Waals surface area contributed by atoms with Crippen LogP contribution < -0.4 is 0 Å². The van der Waals surface area contributed by atoms with Gasteiger partial charge in [-0.05, 0) is 57.8 Å². The van der Waals surface area contributed by atoms with E-state index in [1.54, 1.807) is 6.08 Å². The van der Waals surface area contributed by atoms with E-state index in [-0.39, 0.29) is 31.6 Å². The first-order chi connectivity index (χ1) is 31.0. The Kier molecular flexibility index (Phi) is 48.5. The SMILES string of the molecule is CC/C=C\C/C=C\C/C=C\CC(=O)OCC(COC(=O)CCCCCCC\C=C/C=C\C=C/C=C\CCCCC)OC(=O)CCCCCCCCCCCCCCCCCCCC. The Morgan fingerprint density at radius 3 is 1.22 bits per heavy atom. The minimum absolute atomic E-state index is 0.115. The van der Waals surface area contributed by atoms with Gasteiger partial charge in [0.25, 0.3) is 0 Å². The maximum Gasteiger partial charge on any atom is 0.309 e. The lowest BCUT2D eigenvalue weighted by Gasteiger charge is -2.18. The maximum atomic E-state index is 12.8. The summed E-state index contributed by atoms with van der Waals surface area (Å²) >= 11 is 0. The standard InChI is InChI=1S/C57H96O6/c1-4-7-10-13-16-19-21-23-25-27-29-31-33-35-38-41-44-47-50-56(59)62-53-54(52-61-55(58)49-46-43-40-37-18-15-12-9-6-3)63-57(60)51-48-45-42-39-36-34-32-30-28-26-24-22-20-17-14-11-8-5-2/h9,12,16,18-19,21,23,25,27,29,31,37,43,46,54H,4-8,10-11,13-15,17,20,22,24,26,28,30,32-36,38-42,44-45,47-53H2,1-3H3/b12-9-,19-16-,23-21-,27-25-,31-29-,37-18-,46-43-. The second-order valence-electron chi connectivity index (χ2n) is 17.2. The van der Waals surface area contributed by atoms with Gasteiger partial charge in [-0.3, -0.25) is 14.4 Å². The quantitative estimate of drug-likeness (QED) is 0.0199. The minimum Gasteiger partial charge on any atom is -0.462 e. The second-order valence-corrected chi connectivity index (χ2v) is 17.2. The van der Waals surface area contributed by atoms with Crippen LogP contribution in [-0.4, -0.2) is 37.2 Å². The van der Waals surface area contributed by atoms with Gasteiger partial charge in [-0.1, -0.05) is 247 Å². The summed E-state index contributed by atoms with van der Waals surface area (Å²) in [6.45, 7) is 6.37. The van der Waals surface area contributed by atoms with Crippen molar-refractivity contribution in [3.8, 4) is 0 Å². The predicted octanol–water partition coefficient (Wildman–Crippen LogP) is 17.2. The Morgan fingerprint density at radius 1 is 0.365 bits per heavy atom. The fraction of sp³-hybridized carbons (Fsp3) is 0.702. The summed E-state index contributed by atoms with van der Waals surface area (Å²) in [4.78, 5) is 37.8. The van der Waals surface area contributed by atoms with E-state index >= 15 is 0 Å². The van der Waals surface area contributed by atoms with E-state index in [0.717, 1.165) is 83.5 Å². The average molecular weight is 877 g/mol. The van der Waals surface area contributed by atoms with Gasteiger partial charge in [0.1, 0.15) is 13.2 Å². The van der Waals surface area contributed by atoms with Gasteiger partial charge in [0, 0.05) is 12.8 Å². The van der Waals surface area contributed by atoms with E-state index in [1.165, 1.54) is 116 Å². The Hall–Kier alpha value is -3.41. The lowest BCUT2D eigenvalue weighted by molar-refractivity contribution is -0.166. The topological polar surface area (TPSA) is 78.9 Å². The van der Waals surface area contributed by atoms with Crippen molar-refractivity contribution in [2.75, 3.05) is 13.2 Å². The fourth-order valence-corrected chi connectivity index (χ4v) is 7.10. The Labute approximate surface area is 388 Å². The largest absolute Gasteiger partial charge is 0.462 e. The van der Waals surface area contributed by atoms with E-state index in [0.29, 0.717) is 12.8 Å². The molecule has 0 aromatic carbocycles. The molecule has 0 fully saturated rings. The van der Waals surface area contributed by atoms with Crippen LogP contribution in [0.25, 0.3) is 0 Å². The van der Waals surface area contributed by atoms with Crippen molar-refractivity contribution in [2.45, 2.75) is 245 Å². The number of esters is 3.